The first-order valence-electron chi connectivity index (χ1n) is 7.73. The van der Waals surface area contributed by atoms with Crippen molar-refractivity contribution in [3.63, 3.8) is 0 Å². The topological polar surface area (TPSA) is 49.8 Å². The van der Waals surface area contributed by atoms with Crippen LogP contribution >= 0.6 is 15.9 Å². The van der Waals surface area contributed by atoms with Crippen LogP contribution in [0.3, 0.4) is 0 Å². The summed E-state index contributed by atoms with van der Waals surface area (Å²) in [7, 11) is 0. The second-order valence-corrected chi connectivity index (χ2v) is 6.62. The quantitative estimate of drug-likeness (QED) is 0.611. The monoisotopic (exact) mass is 382 g/mol. The average Bonchev–Trinajstić information content (AvgIpc) is 2.52. The number of aryl methyl sites for hydroxylation is 3. The Labute approximate surface area is 150 Å². The lowest BCUT2D eigenvalue weighted by Crippen LogP contribution is -2.03. The van der Waals surface area contributed by atoms with Gasteiger partial charge in [-0.15, -0.1) is 0 Å². The van der Waals surface area contributed by atoms with E-state index in [1.807, 2.05) is 37.3 Å². The fourth-order valence-electron chi connectivity index (χ4n) is 2.38. The van der Waals surface area contributed by atoms with Crippen LogP contribution in [0, 0.1) is 20.8 Å². The molecule has 2 aromatic carbocycles. The van der Waals surface area contributed by atoms with Crippen LogP contribution in [0.4, 0.5) is 23.1 Å². The first-order chi connectivity index (χ1) is 11.5. The van der Waals surface area contributed by atoms with Crippen molar-refractivity contribution in [2.24, 2.45) is 0 Å². The van der Waals surface area contributed by atoms with Crippen LogP contribution in [-0.4, -0.2) is 9.97 Å². The van der Waals surface area contributed by atoms with E-state index in [1.165, 1.54) is 11.1 Å². The summed E-state index contributed by atoms with van der Waals surface area (Å²) in [4.78, 5) is 9.05. The number of nitrogens with zero attached hydrogens (tertiary/aromatic N) is 2. The predicted molar refractivity (Wildman–Crippen MR) is 103 cm³/mol. The highest BCUT2D eigenvalue weighted by atomic mass is 79.9. The molecule has 0 amide bonds. The van der Waals surface area contributed by atoms with Crippen LogP contribution in [-0.2, 0) is 0 Å². The molecule has 0 aliphatic rings. The first kappa shape index (κ1) is 16.5. The van der Waals surface area contributed by atoms with Crippen LogP contribution in [0.2, 0.25) is 0 Å². The third kappa shape index (κ3) is 3.92. The zero-order chi connectivity index (χ0) is 17.1. The van der Waals surface area contributed by atoms with E-state index in [1.54, 1.807) is 0 Å². The van der Waals surface area contributed by atoms with Crippen molar-refractivity contribution in [3.8, 4) is 0 Å². The highest BCUT2D eigenvalue weighted by Gasteiger charge is 2.07. The zero-order valence-electron chi connectivity index (χ0n) is 13.9. The number of aromatic nitrogens is 2. The molecule has 5 heteroatoms. The lowest BCUT2D eigenvalue weighted by molar-refractivity contribution is 1.10. The number of hydrogen-bond acceptors (Lipinski definition) is 4. The smallest absolute Gasteiger partial charge is 0.229 e. The molecule has 1 aromatic heterocycles. The van der Waals surface area contributed by atoms with Gasteiger partial charge in [0, 0.05) is 21.9 Å². The fraction of sp³-hybridized carbons (Fsp3) is 0.158. The van der Waals surface area contributed by atoms with E-state index in [4.69, 9.17) is 0 Å². The van der Waals surface area contributed by atoms with Gasteiger partial charge in [-0.3, -0.25) is 0 Å². The van der Waals surface area contributed by atoms with Gasteiger partial charge in [-0.1, -0.05) is 24.3 Å². The number of para-hydroxylation sites is 1. The third-order valence-corrected chi connectivity index (χ3v) is 4.29. The Morgan fingerprint density at radius 3 is 2.38 bits per heavy atom. The van der Waals surface area contributed by atoms with Gasteiger partial charge in [0.25, 0.3) is 0 Å². The first-order valence-corrected chi connectivity index (χ1v) is 8.52. The Kier molecular flexibility index (Phi) is 4.81. The van der Waals surface area contributed by atoms with Gasteiger partial charge in [0.15, 0.2) is 0 Å². The van der Waals surface area contributed by atoms with E-state index in [2.05, 4.69) is 68.6 Å². The van der Waals surface area contributed by atoms with Crippen LogP contribution in [0.25, 0.3) is 0 Å². The second-order valence-electron chi connectivity index (χ2n) is 5.77. The number of hydrogen-bond donors (Lipinski definition) is 2. The third-order valence-electron chi connectivity index (χ3n) is 3.63. The minimum atomic E-state index is 0.565. The summed E-state index contributed by atoms with van der Waals surface area (Å²) >= 11 is 3.57. The summed E-state index contributed by atoms with van der Waals surface area (Å²) in [5.74, 6) is 1.33. The molecule has 0 saturated carbocycles. The van der Waals surface area contributed by atoms with Gasteiger partial charge in [-0.25, -0.2) is 4.98 Å². The Morgan fingerprint density at radius 2 is 1.62 bits per heavy atom. The molecule has 1 heterocycles. The largest absolute Gasteiger partial charge is 0.340 e. The van der Waals surface area contributed by atoms with Crippen molar-refractivity contribution in [1.29, 1.82) is 0 Å². The van der Waals surface area contributed by atoms with Crippen molar-refractivity contribution in [2.45, 2.75) is 20.8 Å². The number of benzene rings is 2. The maximum Gasteiger partial charge on any atom is 0.229 e. The Hall–Kier alpha value is -2.40. The van der Waals surface area contributed by atoms with Gasteiger partial charge in [0.05, 0.1) is 5.69 Å². The molecule has 3 rings (SSSR count). The fourth-order valence-corrected chi connectivity index (χ4v) is 2.97. The van der Waals surface area contributed by atoms with Gasteiger partial charge in [-0.2, -0.15) is 4.98 Å². The van der Waals surface area contributed by atoms with Gasteiger partial charge < -0.3 is 10.6 Å². The molecule has 3 aromatic rings. The normalized spacial score (nSPS) is 10.5. The number of rotatable bonds is 4. The molecule has 0 fully saturated rings. The minimum absolute atomic E-state index is 0.565. The summed E-state index contributed by atoms with van der Waals surface area (Å²) < 4.78 is 0.987. The van der Waals surface area contributed by atoms with Gasteiger partial charge in [-0.05, 0) is 66.0 Å². The summed E-state index contributed by atoms with van der Waals surface area (Å²) in [6.45, 7) is 6.08. The van der Waals surface area contributed by atoms with Crippen molar-refractivity contribution >= 4 is 39.1 Å². The maximum atomic E-state index is 4.57. The van der Waals surface area contributed by atoms with Crippen molar-refractivity contribution in [1.82, 2.24) is 9.97 Å². The SMILES string of the molecule is Cc1ccc(Nc2nc(C)cc(Nc3ccccc3C)n2)c(Br)c1. The van der Waals surface area contributed by atoms with Crippen LogP contribution in [0.1, 0.15) is 16.8 Å². The van der Waals surface area contributed by atoms with Crippen LogP contribution < -0.4 is 10.6 Å². The van der Waals surface area contributed by atoms with E-state index < -0.39 is 0 Å². The standard InChI is InChI=1S/C19H19BrN4/c1-12-8-9-17(15(20)10-12)23-19-21-14(3)11-18(24-19)22-16-7-5-4-6-13(16)2/h4-11H,1-3H3,(H2,21,22,23,24). The molecule has 0 atom stereocenters. The van der Waals surface area contributed by atoms with Gasteiger partial charge >= 0.3 is 0 Å². The molecular weight excluding hydrogens is 364 g/mol. The lowest BCUT2D eigenvalue weighted by atomic mass is 10.2. The summed E-state index contributed by atoms with van der Waals surface area (Å²) in [6, 6.07) is 16.2. The molecule has 0 aliphatic heterocycles. The molecule has 0 radical (unpaired) electrons. The molecule has 0 saturated heterocycles. The number of halogens is 1. The average molecular weight is 383 g/mol. The van der Waals surface area contributed by atoms with Crippen LogP contribution in [0.5, 0.6) is 0 Å². The van der Waals surface area contributed by atoms with Crippen molar-refractivity contribution in [3.05, 3.63) is 69.8 Å². The molecule has 0 unspecified atom stereocenters. The summed E-state index contributed by atoms with van der Waals surface area (Å²) in [5, 5.41) is 6.63. The highest BCUT2D eigenvalue weighted by molar-refractivity contribution is 9.10. The molecule has 122 valence electrons. The van der Waals surface area contributed by atoms with E-state index in [0.29, 0.717) is 5.95 Å². The van der Waals surface area contributed by atoms with Gasteiger partial charge in [0.2, 0.25) is 5.95 Å². The van der Waals surface area contributed by atoms with Gasteiger partial charge in [0.1, 0.15) is 5.82 Å². The summed E-state index contributed by atoms with van der Waals surface area (Å²) in [6.07, 6.45) is 0. The van der Waals surface area contributed by atoms with E-state index >= 15 is 0 Å². The second kappa shape index (κ2) is 7.01. The maximum absolute atomic E-state index is 4.57. The van der Waals surface area contributed by atoms with Crippen molar-refractivity contribution < 1.29 is 0 Å². The number of anilines is 4. The molecule has 0 bridgehead atoms. The molecule has 2 N–H and O–H groups in total. The molecule has 0 aliphatic carbocycles. The Bertz CT molecular complexity index is 877. The molecular formula is C19H19BrN4. The van der Waals surface area contributed by atoms with E-state index in [0.717, 1.165) is 27.4 Å². The number of nitrogens with one attached hydrogen (secondary N) is 2. The Morgan fingerprint density at radius 1 is 0.833 bits per heavy atom. The highest BCUT2D eigenvalue weighted by Crippen LogP contribution is 2.27. The Balaban J connectivity index is 1.87. The summed E-state index contributed by atoms with van der Waals surface area (Å²) in [5.41, 5.74) is 5.24. The van der Waals surface area contributed by atoms with E-state index in [-0.39, 0.29) is 0 Å². The zero-order valence-corrected chi connectivity index (χ0v) is 15.5. The minimum Gasteiger partial charge on any atom is -0.340 e. The molecule has 24 heavy (non-hydrogen) atoms. The van der Waals surface area contributed by atoms with E-state index in [9.17, 15) is 0 Å². The molecule has 0 spiro atoms. The molecule has 4 nitrogen and oxygen atoms in total. The van der Waals surface area contributed by atoms with Crippen LogP contribution in [0.15, 0.2) is 53.0 Å². The lowest BCUT2D eigenvalue weighted by Gasteiger charge is -2.12. The van der Waals surface area contributed by atoms with Crippen molar-refractivity contribution in [2.75, 3.05) is 10.6 Å². The predicted octanol–water partition coefficient (Wildman–Crippen LogP) is 5.65.